The normalized spacial score (nSPS) is 17.8. The van der Waals surface area contributed by atoms with Gasteiger partial charge in [0.05, 0.1) is 12.7 Å². The lowest BCUT2D eigenvalue weighted by Crippen LogP contribution is -2.40. The predicted octanol–water partition coefficient (Wildman–Crippen LogP) is 2.96. The highest BCUT2D eigenvalue weighted by Gasteiger charge is 2.28. The van der Waals surface area contributed by atoms with Crippen molar-refractivity contribution in [2.24, 2.45) is 5.73 Å². The number of furan rings is 1. The van der Waals surface area contributed by atoms with Gasteiger partial charge in [-0.2, -0.15) is 0 Å². The van der Waals surface area contributed by atoms with Crippen LogP contribution in [0.5, 0.6) is 0 Å². The second-order valence-electron chi connectivity index (χ2n) is 5.99. The molecule has 0 radical (unpaired) electrons. The maximum Gasteiger partial charge on any atom is 0.227 e. The summed E-state index contributed by atoms with van der Waals surface area (Å²) in [4.78, 5) is 14.4. The van der Waals surface area contributed by atoms with Gasteiger partial charge in [-0.15, -0.1) is 12.4 Å². The Labute approximate surface area is 137 Å². The van der Waals surface area contributed by atoms with Crippen LogP contribution in [0.3, 0.4) is 0 Å². The molecule has 1 unspecified atom stereocenters. The van der Waals surface area contributed by atoms with Crippen molar-refractivity contribution >= 4 is 29.3 Å². The summed E-state index contributed by atoms with van der Waals surface area (Å²) in [5, 5.41) is 1.05. The molecule has 0 aliphatic carbocycles. The molecule has 1 saturated heterocycles. The Hall–Kier alpha value is -1.52. The molecule has 1 atom stereocenters. The van der Waals surface area contributed by atoms with Crippen LogP contribution in [-0.4, -0.2) is 29.9 Å². The van der Waals surface area contributed by atoms with Crippen molar-refractivity contribution in [2.45, 2.75) is 39.2 Å². The number of aryl methyl sites for hydroxylation is 2. The highest BCUT2D eigenvalue weighted by molar-refractivity contribution is 5.88. The van der Waals surface area contributed by atoms with Crippen molar-refractivity contribution in [1.29, 1.82) is 0 Å². The molecule has 120 valence electrons. The third-order valence-electron chi connectivity index (χ3n) is 4.58. The molecule has 1 aromatic carbocycles. The quantitative estimate of drug-likeness (QED) is 0.945. The number of fused-ring (bicyclic) bond motifs is 1. The first-order valence-electron chi connectivity index (χ1n) is 7.57. The first-order chi connectivity index (χ1) is 10.1. The van der Waals surface area contributed by atoms with Crippen LogP contribution in [0.2, 0.25) is 0 Å². The number of amides is 1. The van der Waals surface area contributed by atoms with E-state index in [1.807, 2.05) is 11.0 Å². The monoisotopic (exact) mass is 322 g/mol. The van der Waals surface area contributed by atoms with E-state index in [4.69, 9.17) is 10.2 Å². The molecule has 1 aromatic heterocycles. The molecule has 5 heteroatoms. The fourth-order valence-electron chi connectivity index (χ4n) is 3.15. The lowest BCUT2D eigenvalue weighted by molar-refractivity contribution is -0.131. The lowest BCUT2D eigenvalue weighted by atomic mass is 10.0. The fourth-order valence-corrected chi connectivity index (χ4v) is 3.15. The summed E-state index contributed by atoms with van der Waals surface area (Å²) < 4.78 is 5.61. The lowest BCUT2D eigenvalue weighted by Gasteiger charge is -2.23. The molecular weight excluding hydrogens is 300 g/mol. The maximum absolute atomic E-state index is 12.5. The SMILES string of the molecule is Cc1cc2occ(CC(=O)N3CCCC3CN)c2cc1C.Cl. The number of halogens is 1. The smallest absolute Gasteiger partial charge is 0.227 e. The van der Waals surface area contributed by atoms with Crippen LogP contribution in [0.1, 0.15) is 29.5 Å². The Kier molecular flexibility index (Phi) is 5.14. The Morgan fingerprint density at radius 3 is 2.82 bits per heavy atom. The maximum atomic E-state index is 12.5. The average molecular weight is 323 g/mol. The summed E-state index contributed by atoms with van der Waals surface area (Å²) in [5.74, 6) is 0.156. The second-order valence-corrected chi connectivity index (χ2v) is 5.99. The number of likely N-dealkylation sites (tertiary alicyclic amines) is 1. The second kappa shape index (κ2) is 6.71. The number of hydrogen-bond donors (Lipinski definition) is 1. The van der Waals surface area contributed by atoms with Gasteiger partial charge in [0.25, 0.3) is 0 Å². The van der Waals surface area contributed by atoms with Crippen LogP contribution >= 0.6 is 12.4 Å². The minimum atomic E-state index is 0. The summed E-state index contributed by atoms with van der Waals surface area (Å²) in [5.41, 5.74) is 10.0. The standard InChI is InChI=1S/C17H22N2O2.ClH/c1-11-6-15-13(10-21-16(15)7-12(11)2)8-17(20)19-5-3-4-14(19)9-18;/h6-7,10,14H,3-5,8-9,18H2,1-2H3;1H. The van der Waals surface area contributed by atoms with Gasteiger partial charge in [-0.3, -0.25) is 4.79 Å². The van der Waals surface area contributed by atoms with E-state index in [9.17, 15) is 4.79 Å². The number of carbonyl (C=O) groups excluding carboxylic acids is 1. The molecule has 1 aliphatic heterocycles. The van der Waals surface area contributed by atoms with Crippen molar-refractivity contribution in [3.05, 3.63) is 35.1 Å². The molecule has 1 amide bonds. The zero-order valence-electron chi connectivity index (χ0n) is 13.1. The molecule has 2 heterocycles. The van der Waals surface area contributed by atoms with E-state index in [1.165, 1.54) is 11.1 Å². The zero-order valence-corrected chi connectivity index (χ0v) is 13.9. The van der Waals surface area contributed by atoms with Crippen molar-refractivity contribution < 1.29 is 9.21 Å². The van der Waals surface area contributed by atoms with Gasteiger partial charge in [0.15, 0.2) is 0 Å². The van der Waals surface area contributed by atoms with E-state index in [-0.39, 0.29) is 24.4 Å². The van der Waals surface area contributed by atoms with Crippen LogP contribution < -0.4 is 5.73 Å². The Bertz CT molecular complexity index is 681. The zero-order chi connectivity index (χ0) is 15.0. The summed E-state index contributed by atoms with van der Waals surface area (Å²) in [6, 6.07) is 4.36. The molecule has 2 N–H and O–H groups in total. The first-order valence-corrected chi connectivity index (χ1v) is 7.57. The topological polar surface area (TPSA) is 59.5 Å². The van der Waals surface area contributed by atoms with Gasteiger partial charge >= 0.3 is 0 Å². The molecule has 1 aliphatic rings. The van der Waals surface area contributed by atoms with E-state index < -0.39 is 0 Å². The van der Waals surface area contributed by atoms with Crippen molar-refractivity contribution in [3.63, 3.8) is 0 Å². The molecule has 3 rings (SSSR count). The molecule has 0 bridgehead atoms. The van der Waals surface area contributed by atoms with Gasteiger partial charge in [0, 0.05) is 30.1 Å². The number of nitrogens with two attached hydrogens (primary N) is 1. The van der Waals surface area contributed by atoms with E-state index in [1.54, 1.807) is 6.26 Å². The largest absolute Gasteiger partial charge is 0.464 e. The highest BCUT2D eigenvalue weighted by atomic mass is 35.5. The number of benzene rings is 1. The van der Waals surface area contributed by atoms with Crippen molar-refractivity contribution in [3.8, 4) is 0 Å². The van der Waals surface area contributed by atoms with Gasteiger partial charge in [0.1, 0.15) is 5.58 Å². The van der Waals surface area contributed by atoms with Crippen LogP contribution in [0.15, 0.2) is 22.8 Å². The number of nitrogens with zero attached hydrogens (tertiary/aromatic N) is 1. The third-order valence-corrected chi connectivity index (χ3v) is 4.58. The van der Waals surface area contributed by atoms with Gasteiger partial charge in [-0.05, 0) is 49.9 Å². The van der Waals surface area contributed by atoms with Crippen LogP contribution in [-0.2, 0) is 11.2 Å². The number of hydrogen-bond acceptors (Lipinski definition) is 3. The van der Waals surface area contributed by atoms with Gasteiger partial charge in [0.2, 0.25) is 5.91 Å². The molecule has 4 nitrogen and oxygen atoms in total. The molecule has 22 heavy (non-hydrogen) atoms. The first kappa shape index (κ1) is 16.8. The average Bonchev–Trinajstić information content (AvgIpc) is 3.07. The summed E-state index contributed by atoms with van der Waals surface area (Å²) in [6.07, 6.45) is 4.19. The fraction of sp³-hybridized carbons (Fsp3) is 0.471. The summed E-state index contributed by atoms with van der Waals surface area (Å²) >= 11 is 0. The molecule has 1 fully saturated rings. The third kappa shape index (κ3) is 2.99. The Morgan fingerprint density at radius 1 is 1.36 bits per heavy atom. The van der Waals surface area contributed by atoms with Crippen molar-refractivity contribution in [2.75, 3.05) is 13.1 Å². The summed E-state index contributed by atoms with van der Waals surface area (Å²) in [6.45, 7) is 5.53. The van der Waals surface area contributed by atoms with Gasteiger partial charge in [-0.25, -0.2) is 0 Å². The molecule has 0 spiro atoms. The van der Waals surface area contributed by atoms with E-state index in [0.29, 0.717) is 13.0 Å². The van der Waals surface area contributed by atoms with Gasteiger partial charge in [-0.1, -0.05) is 0 Å². The molecular formula is C17H23ClN2O2. The van der Waals surface area contributed by atoms with Crippen molar-refractivity contribution in [1.82, 2.24) is 4.90 Å². The van der Waals surface area contributed by atoms with E-state index in [0.717, 1.165) is 35.9 Å². The highest BCUT2D eigenvalue weighted by Crippen LogP contribution is 2.26. The van der Waals surface area contributed by atoms with Crippen LogP contribution in [0, 0.1) is 13.8 Å². The Morgan fingerprint density at radius 2 is 2.09 bits per heavy atom. The van der Waals surface area contributed by atoms with Gasteiger partial charge < -0.3 is 15.1 Å². The summed E-state index contributed by atoms with van der Waals surface area (Å²) in [7, 11) is 0. The minimum absolute atomic E-state index is 0. The number of rotatable bonds is 3. The van der Waals surface area contributed by atoms with Crippen LogP contribution in [0.25, 0.3) is 11.0 Å². The molecule has 2 aromatic rings. The minimum Gasteiger partial charge on any atom is -0.464 e. The predicted molar refractivity (Wildman–Crippen MR) is 90.4 cm³/mol. The van der Waals surface area contributed by atoms with Crippen LogP contribution in [0.4, 0.5) is 0 Å². The molecule has 0 saturated carbocycles. The van der Waals surface area contributed by atoms with E-state index in [2.05, 4.69) is 19.9 Å². The van der Waals surface area contributed by atoms with E-state index >= 15 is 0 Å². The Balaban J connectivity index is 0.00000176. The number of carbonyl (C=O) groups is 1.